The van der Waals surface area contributed by atoms with Crippen LogP contribution in [0, 0.1) is 0 Å². The lowest BCUT2D eigenvalue weighted by molar-refractivity contribution is 0.0529. The number of hydrogen-bond acceptors (Lipinski definition) is 5. The van der Waals surface area contributed by atoms with Crippen molar-refractivity contribution in [3.8, 4) is 0 Å². The van der Waals surface area contributed by atoms with Gasteiger partial charge in [0.05, 0.1) is 17.2 Å². The van der Waals surface area contributed by atoms with Crippen molar-refractivity contribution in [2.45, 2.75) is 40.0 Å². The SMILES string of the molecule is CCNC(=O)c1c(N)sc(C(=O)OCC)c1C(C)(C)C. The van der Waals surface area contributed by atoms with E-state index in [0.29, 0.717) is 27.5 Å². The molecule has 0 aromatic carbocycles. The molecule has 1 aromatic rings. The molecule has 1 rings (SSSR count). The highest BCUT2D eigenvalue weighted by Gasteiger charge is 2.33. The minimum atomic E-state index is -0.426. The van der Waals surface area contributed by atoms with Gasteiger partial charge >= 0.3 is 5.97 Å². The van der Waals surface area contributed by atoms with E-state index in [1.165, 1.54) is 0 Å². The van der Waals surface area contributed by atoms with Gasteiger partial charge in [0.25, 0.3) is 5.91 Å². The van der Waals surface area contributed by atoms with Crippen LogP contribution in [-0.2, 0) is 10.2 Å². The average Bonchev–Trinajstić information content (AvgIpc) is 2.67. The Morgan fingerprint density at radius 3 is 2.35 bits per heavy atom. The fourth-order valence-electron chi connectivity index (χ4n) is 1.98. The number of ether oxygens (including phenoxy) is 1. The van der Waals surface area contributed by atoms with Crippen LogP contribution < -0.4 is 11.1 Å². The van der Waals surface area contributed by atoms with Crippen LogP contribution in [0.4, 0.5) is 5.00 Å². The maximum absolute atomic E-state index is 12.2. The van der Waals surface area contributed by atoms with Gasteiger partial charge in [-0.3, -0.25) is 4.79 Å². The van der Waals surface area contributed by atoms with E-state index in [4.69, 9.17) is 10.5 Å². The third kappa shape index (κ3) is 3.30. The van der Waals surface area contributed by atoms with Gasteiger partial charge in [0, 0.05) is 6.54 Å². The molecule has 0 spiro atoms. The number of hydrogen-bond donors (Lipinski definition) is 2. The molecule has 112 valence electrons. The highest BCUT2D eigenvalue weighted by Crippen LogP contribution is 2.39. The molecule has 6 heteroatoms. The van der Waals surface area contributed by atoms with Crippen LogP contribution in [0.5, 0.6) is 0 Å². The van der Waals surface area contributed by atoms with Gasteiger partial charge in [0.1, 0.15) is 4.88 Å². The molecule has 1 amide bonds. The van der Waals surface area contributed by atoms with Crippen molar-refractivity contribution >= 4 is 28.2 Å². The first-order valence-electron chi connectivity index (χ1n) is 6.62. The lowest BCUT2D eigenvalue weighted by Crippen LogP contribution is -2.27. The zero-order chi connectivity index (χ0) is 15.5. The van der Waals surface area contributed by atoms with Crippen molar-refractivity contribution in [1.82, 2.24) is 5.32 Å². The van der Waals surface area contributed by atoms with Gasteiger partial charge in [0.2, 0.25) is 0 Å². The largest absolute Gasteiger partial charge is 0.462 e. The van der Waals surface area contributed by atoms with Crippen molar-refractivity contribution in [2.24, 2.45) is 0 Å². The Kier molecular flexibility index (Phi) is 5.16. The minimum absolute atomic E-state index is 0.248. The molecule has 5 nitrogen and oxygen atoms in total. The highest BCUT2D eigenvalue weighted by atomic mass is 32.1. The summed E-state index contributed by atoms with van der Waals surface area (Å²) in [6, 6.07) is 0. The van der Waals surface area contributed by atoms with E-state index < -0.39 is 5.97 Å². The van der Waals surface area contributed by atoms with Crippen LogP contribution in [0.2, 0.25) is 0 Å². The molecule has 3 N–H and O–H groups in total. The summed E-state index contributed by atoms with van der Waals surface area (Å²) in [6.45, 7) is 10.2. The summed E-state index contributed by atoms with van der Waals surface area (Å²) in [6.07, 6.45) is 0. The summed E-state index contributed by atoms with van der Waals surface area (Å²) in [5, 5.41) is 3.09. The van der Waals surface area contributed by atoms with Gasteiger partial charge in [-0.25, -0.2) is 4.79 Å². The Morgan fingerprint density at radius 2 is 1.90 bits per heavy atom. The summed E-state index contributed by atoms with van der Waals surface area (Å²) >= 11 is 1.11. The van der Waals surface area contributed by atoms with Gasteiger partial charge in [-0.15, -0.1) is 11.3 Å². The molecule has 0 aliphatic rings. The lowest BCUT2D eigenvalue weighted by Gasteiger charge is -2.21. The van der Waals surface area contributed by atoms with Gasteiger partial charge in [-0.05, 0) is 24.8 Å². The Morgan fingerprint density at radius 1 is 1.30 bits per heavy atom. The quantitative estimate of drug-likeness (QED) is 0.837. The van der Waals surface area contributed by atoms with Crippen LogP contribution in [0.1, 0.15) is 60.2 Å². The van der Waals surface area contributed by atoms with E-state index in [-0.39, 0.29) is 17.9 Å². The van der Waals surface area contributed by atoms with Crippen LogP contribution in [0.15, 0.2) is 0 Å². The zero-order valence-electron chi connectivity index (χ0n) is 12.6. The molecule has 0 radical (unpaired) electrons. The summed E-state index contributed by atoms with van der Waals surface area (Å²) in [5.74, 6) is -0.675. The first-order chi connectivity index (χ1) is 9.23. The van der Waals surface area contributed by atoms with Crippen molar-refractivity contribution in [1.29, 1.82) is 0 Å². The van der Waals surface area contributed by atoms with Crippen molar-refractivity contribution in [2.75, 3.05) is 18.9 Å². The van der Waals surface area contributed by atoms with E-state index in [1.54, 1.807) is 6.92 Å². The lowest BCUT2D eigenvalue weighted by atomic mass is 9.84. The van der Waals surface area contributed by atoms with E-state index in [2.05, 4.69) is 5.32 Å². The number of amides is 1. The van der Waals surface area contributed by atoms with Crippen LogP contribution in [0.3, 0.4) is 0 Å². The minimum Gasteiger partial charge on any atom is -0.462 e. The number of nitrogen functional groups attached to an aromatic ring is 1. The molecular formula is C14H22N2O3S. The van der Waals surface area contributed by atoms with Gasteiger partial charge in [-0.1, -0.05) is 20.8 Å². The second kappa shape index (κ2) is 6.26. The fraction of sp³-hybridized carbons (Fsp3) is 0.571. The standard InChI is InChI=1S/C14H22N2O3S/c1-6-16-12(17)8-9(14(3,4)5)10(20-11(8)15)13(18)19-7-2/h6-7,15H2,1-5H3,(H,16,17). The molecule has 20 heavy (non-hydrogen) atoms. The third-order valence-electron chi connectivity index (χ3n) is 2.71. The number of anilines is 1. The van der Waals surface area contributed by atoms with Gasteiger partial charge in [0.15, 0.2) is 0 Å². The molecular weight excluding hydrogens is 276 g/mol. The first-order valence-corrected chi connectivity index (χ1v) is 7.43. The topological polar surface area (TPSA) is 81.4 Å². The van der Waals surface area contributed by atoms with E-state index >= 15 is 0 Å². The van der Waals surface area contributed by atoms with Crippen molar-refractivity contribution in [3.63, 3.8) is 0 Å². The molecule has 0 bridgehead atoms. The van der Waals surface area contributed by atoms with Crippen molar-refractivity contribution < 1.29 is 14.3 Å². The zero-order valence-corrected chi connectivity index (χ0v) is 13.4. The fourth-order valence-corrected chi connectivity index (χ4v) is 3.15. The van der Waals surface area contributed by atoms with E-state index in [1.807, 2.05) is 27.7 Å². The number of esters is 1. The Bertz CT molecular complexity index is 515. The molecule has 0 saturated carbocycles. The van der Waals surface area contributed by atoms with Crippen LogP contribution in [0.25, 0.3) is 0 Å². The number of thiophene rings is 1. The normalized spacial score (nSPS) is 11.2. The maximum Gasteiger partial charge on any atom is 0.348 e. The summed E-state index contributed by atoms with van der Waals surface area (Å²) < 4.78 is 5.06. The molecule has 0 aliphatic carbocycles. The molecule has 0 unspecified atom stereocenters. The second-order valence-corrected chi connectivity index (χ2v) is 6.43. The number of carbonyl (C=O) groups excluding carboxylic acids is 2. The van der Waals surface area contributed by atoms with Gasteiger partial charge < -0.3 is 15.8 Å². The summed E-state index contributed by atoms with van der Waals surface area (Å²) in [5.41, 5.74) is 6.63. The molecule has 0 atom stereocenters. The monoisotopic (exact) mass is 298 g/mol. The molecule has 1 heterocycles. The summed E-state index contributed by atoms with van der Waals surface area (Å²) in [7, 11) is 0. The average molecular weight is 298 g/mol. The number of carbonyl (C=O) groups is 2. The second-order valence-electron chi connectivity index (χ2n) is 5.38. The highest BCUT2D eigenvalue weighted by molar-refractivity contribution is 7.18. The van der Waals surface area contributed by atoms with E-state index in [9.17, 15) is 9.59 Å². The number of rotatable bonds is 4. The molecule has 0 aliphatic heterocycles. The summed E-state index contributed by atoms with van der Waals surface area (Å²) in [4.78, 5) is 24.7. The predicted molar refractivity (Wildman–Crippen MR) is 81.4 cm³/mol. The first kappa shape index (κ1) is 16.5. The van der Waals surface area contributed by atoms with Crippen LogP contribution in [-0.4, -0.2) is 25.0 Å². The molecule has 1 aromatic heterocycles. The Balaban J connectivity index is 3.45. The number of nitrogens with one attached hydrogen (secondary N) is 1. The van der Waals surface area contributed by atoms with E-state index in [0.717, 1.165) is 11.3 Å². The Hall–Kier alpha value is -1.56. The smallest absolute Gasteiger partial charge is 0.348 e. The number of nitrogens with two attached hydrogens (primary N) is 1. The Labute approximate surface area is 123 Å². The molecule has 0 saturated heterocycles. The maximum atomic E-state index is 12.2. The van der Waals surface area contributed by atoms with Gasteiger partial charge in [-0.2, -0.15) is 0 Å². The third-order valence-corrected chi connectivity index (χ3v) is 3.71. The van der Waals surface area contributed by atoms with Crippen LogP contribution >= 0.6 is 11.3 Å². The van der Waals surface area contributed by atoms with Crippen molar-refractivity contribution in [3.05, 3.63) is 16.0 Å². The predicted octanol–water partition coefficient (Wildman–Crippen LogP) is 2.55. The molecule has 0 fully saturated rings.